The standard InChI is InChI=1S/C36H75N/c1-4-7-10-13-16-19-22-24-27-30-33-35(32-29-26-23-20-17-14-11-8-5-2)36(37)34-31-28-25-21-18-15-12-9-6-3/h35-36H,4-34,37H2,1-3H3. The summed E-state index contributed by atoms with van der Waals surface area (Å²) in [5.74, 6) is 0.785. The number of hydrogen-bond acceptors (Lipinski definition) is 1. The van der Waals surface area contributed by atoms with E-state index >= 15 is 0 Å². The molecule has 0 spiro atoms. The lowest BCUT2D eigenvalue weighted by molar-refractivity contribution is 0.321. The summed E-state index contributed by atoms with van der Waals surface area (Å²) < 4.78 is 0. The van der Waals surface area contributed by atoms with Crippen molar-refractivity contribution in [3.8, 4) is 0 Å². The molecule has 0 aliphatic rings. The van der Waals surface area contributed by atoms with Crippen LogP contribution in [0, 0.1) is 5.92 Å². The van der Waals surface area contributed by atoms with Crippen molar-refractivity contribution in [2.45, 2.75) is 226 Å². The summed E-state index contributed by atoms with van der Waals surface area (Å²) in [5, 5.41) is 0. The molecule has 0 heterocycles. The van der Waals surface area contributed by atoms with Gasteiger partial charge in [-0.05, 0) is 25.2 Å². The summed E-state index contributed by atoms with van der Waals surface area (Å²) in [6.07, 6.45) is 44.2. The van der Waals surface area contributed by atoms with Gasteiger partial charge < -0.3 is 5.73 Å². The highest BCUT2D eigenvalue weighted by Crippen LogP contribution is 2.24. The molecule has 0 aromatic rings. The minimum Gasteiger partial charge on any atom is -0.327 e. The molecular weight excluding hydrogens is 446 g/mol. The Morgan fingerprint density at radius 1 is 0.297 bits per heavy atom. The highest BCUT2D eigenvalue weighted by atomic mass is 14.6. The first-order valence-corrected chi connectivity index (χ1v) is 18.0. The third-order valence-electron chi connectivity index (χ3n) is 8.85. The molecule has 2 unspecified atom stereocenters. The molecule has 2 N–H and O–H groups in total. The third-order valence-corrected chi connectivity index (χ3v) is 8.85. The van der Waals surface area contributed by atoms with Crippen molar-refractivity contribution in [2.75, 3.05) is 0 Å². The van der Waals surface area contributed by atoms with Gasteiger partial charge in [0.2, 0.25) is 0 Å². The molecule has 0 aromatic heterocycles. The Labute approximate surface area is 237 Å². The van der Waals surface area contributed by atoms with Gasteiger partial charge in [0.15, 0.2) is 0 Å². The Morgan fingerprint density at radius 3 is 0.784 bits per heavy atom. The Hall–Kier alpha value is -0.0400. The average molecular weight is 522 g/mol. The van der Waals surface area contributed by atoms with E-state index < -0.39 is 0 Å². The van der Waals surface area contributed by atoms with E-state index in [1.807, 2.05) is 0 Å². The molecule has 37 heavy (non-hydrogen) atoms. The zero-order valence-electron chi connectivity index (χ0n) is 26.7. The Balaban J connectivity index is 4.04. The Morgan fingerprint density at radius 2 is 0.514 bits per heavy atom. The molecule has 0 aliphatic carbocycles. The lowest BCUT2D eigenvalue weighted by atomic mass is 9.86. The zero-order chi connectivity index (χ0) is 27.1. The normalized spacial score (nSPS) is 13.3. The summed E-state index contributed by atoms with van der Waals surface area (Å²) in [6.45, 7) is 6.93. The number of nitrogens with two attached hydrogens (primary N) is 1. The lowest BCUT2D eigenvalue weighted by Crippen LogP contribution is -2.30. The first-order chi connectivity index (χ1) is 18.3. The summed E-state index contributed by atoms with van der Waals surface area (Å²) in [6, 6.07) is 0.456. The van der Waals surface area contributed by atoms with Gasteiger partial charge in [-0.25, -0.2) is 0 Å². The van der Waals surface area contributed by atoms with E-state index in [0.717, 1.165) is 5.92 Å². The molecule has 0 bridgehead atoms. The fourth-order valence-electron chi connectivity index (χ4n) is 6.11. The summed E-state index contributed by atoms with van der Waals surface area (Å²) in [5.41, 5.74) is 6.84. The second-order valence-electron chi connectivity index (χ2n) is 12.6. The SMILES string of the molecule is CCCCCCCCCCCCC(CCCCCCCCCCC)C(N)CCCCCCCCCCC. The van der Waals surface area contributed by atoms with Crippen molar-refractivity contribution in [1.82, 2.24) is 0 Å². The van der Waals surface area contributed by atoms with Crippen molar-refractivity contribution >= 4 is 0 Å². The molecule has 0 fully saturated rings. The second kappa shape index (κ2) is 32.2. The minimum atomic E-state index is 0.456. The van der Waals surface area contributed by atoms with Gasteiger partial charge in [0.05, 0.1) is 0 Å². The van der Waals surface area contributed by atoms with Crippen LogP contribution >= 0.6 is 0 Å². The monoisotopic (exact) mass is 522 g/mol. The summed E-state index contributed by atoms with van der Waals surface area (Å²) >= 11 is 0. The quantitative estimate of drug-likeness (QED) is 0.0875. The maximum Gasteiger partial charge on any atom is 0.00671 e. The molecule has 0 amide bonds. The van der Waals surface area contributed by atoms with Crippen LogP contribution in [-0.4, -0.2) is 6.04 Å². The minimum absolute atomic E-state index is 0.456. The number of hydrogen-bond donors (Lipinski definition) is 1. The van der Waals surface area contributed by atoms with Crippen LogP contribution in [0.1, 0.15) is 220 Å². The van der Waals surface area contributed by atoms with Crippen LogP contribution in [0.25, 0.3) is 0 Å². The smallest absolute Gasteiger partial charge is 0.00671 e. The highest BCUT2D eigenvalue weighted by molar-refractivity contribution is 4.74. The molecule has 2 atom stereocenters. The zero-order valence-corrected chi connectivity index (χ0v) is 26.7. The van der Waals surface area contributed by atoms with E-state index in [1.54, 1.807) is 0 Å². The van der Waals surface area contributed by atoms with E-state index in [1.165, 1.54) is 199 Å². The molecule has 0 radical (unpaired) electrons. The number of unbranched alkanes of at least 4 members (excludes halogenated alkanes) is 25. The Kier molecular flexibility index (Phi) is 32.1. The van der Waals surface area contributed by atoms with Crippen molar-refractivity contribution in [3.63, 3.8) is 0 Å². The molecule has 0 saturated heterocycles. The molecule has 0 aliphatic heterocycles. The van der Waals surface area contributed by atoms with Gasteiger partial charge in [-0.2, -0.15) is 0 Å². The van der Waals surface area contributed by atoms with Gasteiger partial charge in [-0.15, -0.1) is 0 Å². The van der Waals surface area contributed by atoms with E-state index in [-0.39, 0.29) is 0 Å². The van der Waals surface area contributed by atoms with Gasteiger partial charge >= 0.3 is 0 Å². The lowest BCUT2D eigenvalue weighted by Gasteiger charge is -2.24. The van der Waals surface area contributed by atoms with E-state index in [0.29, 0.717) is 6.04 Å². The maximum absolute atomic E-state index is 6.84. The van der Waals surface area contributed by atoms with E-state index in [9.17, 15) is 0 Å². The van der Waals surface area contributed by atoms with Gasteiger partial charge in [0, 0.05) is 6.04 Å². The van der Waals surface area contributed by atoms with Crippen LogP contribution < -0.4 is 5.73 Å². The molecule has 0 aromatic carbocycles. The topological polar surface area (TPSA) is 26.0 Å². The maximum atomic E-state index is 6.84. The van der Waals surface area contributed by atoms with Crippen LogP contribution in [0.3, 0.4) is 0 Å². The molecule has 1 nitrogen and oxygen atoms in total. The van der Waals surface area contributed by atoms with Crippen LogP contribution in [0.4, 0.5) is 0 Å². The molecular formula is C36H75N. The second-order valence-corrected chi connectivity index (χ2v) is 12.6. The first kappa shape index (κ1) is 37.0. The predicted molar refractivity (Wildman–Crippen MR) is 172 cm³/mol. The molecule has 224 valence electrons. The molecule has 0 saturated carbocycles. The fraction of sp³-hybridized carbons (Fsp3) is 1.00. The number of rotatable bonds is 32. The van der Waals surface area contributed by atoms with Crippen LogP contribution in [0.5, 0.6) is 0 Å². The molecule has 0 rings (SSSR count). The van der Waals surface area contributed by atoms with Crippen molar-refractivity contribution < 1.29 is 0 Å². The van der Waals surface area contributed by atoms with Gasteiger partial charge in [0.1, 0.15) is 0 Å². The largest absolute Gasteiger partial charge is 0.327 e. The Bertz CT molecular complexity index is 392. The van der Waals surface area contributed by atoms with Gasteiger partial charge in [0.25, 0.3) is 0 Å². The van der Waals surface area contributed by atoms with Crippen molar-refractivity contribution in [3.05, 3.63) is 0 Å². The highest BCUT2D eigenvalue weighted by Gasteiger charge is 2.17. The van der Waals surface area contributed by atoms with Gasteiger partial charge in [-0.1, -0.05) is 201 Å². The van der Waals surface area contributed by atoms with Crippen LogP contribution in [-0.2, 0) is 0 Å². The van der Waals surface area contributed by atoms with Crippen LogP contribution in [0.15, 0.2) is 0 Å². The fourth-order valence-corrected chi connectivity index (χ4v) is 6.11. The summed E-state index contributed by atoms with van der Waals surface area (Å²) in [7, 11) is 0. The van der Waals surface area contributed by atoms with E-state index in [2.05, 4.69) is 20.8 Å². The average Bonchev–Trinajstić information content (AvgIpc) is 2.90. The summed E-state index contributed by atoms with van der Waals surface area (Å²) in [4.78, 5) is 0. The van der Waals surface area contributed by atoms with Crippen LogP contribution in [0.2, 0.25) is 0 Å². The molecule has 1 heteroatoms. The van der Waals surface area contributed by atoms with Crippen molar-refractivity contribution in [1.29, 1.82) is 0 Å². The predicted octanol–water partition coefficient (Wildman–Crippen LogP) is 13.1. The first-order valence-electron chi connectivity index (χ1n) is 18.0. The third kappa shape index (κ3) is 28.8. The van der Waals surface area contributed by atoms with Crippen molar-refractivity contribution in [2.24, 2.45) is 11.7 Å². The van der Waals surface area contributed by atoms with Gasteiger partial charge in [-0.3, -0.25) is 0 Å². The van der Waals surface area contributed by atoms with E-state index in [4.69, 9.17) is 5.73 Å².